The zero-order valence-electron chi connectivity index (χ0n) is 11.7. The smallest absolute Gasteiger partial charge is 0.332 e. The zero-order valence-corrected chi connectivity index (χ0v) is 11.7. The second-order valence-corrected chi connectivity index (χ2v) is 5.27. The molecule has 0 aromatic carbocycles. The van der Waals surface area contributed by atoms with Crippen LogP contribution in [0.15, 0.2) is 0 Å². The van der Waals surface area contributed by atoms with E-state index in [1.165, 1.54) is 0 Å². The molecule has 0 bridgehead atoms. The molecular formula is C12H22N4O4. The van der Waals surface area contributed by atoms with Gasteiger partial charge in [-0.05, 0) is 19.9 Å². The number of rotatable bonds is 4. The third kappa shape index (κ3) is 4.32. The Bertz CT molecular complexity index is 357. The van der Waals surface area contributed by atoms with Crippen LogP contribution in [0.1, 0.15) is 12.8 Å². The van der Waals surface area contributed by atoms with E-state index in [9.17, 15) is 9.59 Å². The first-order valence-corrected chi connectivity index (χ1v) is 6.91. The van der Waals surface area contributed by atoms with E-state index in [0.29, 0.717) is 19.4 Å². The molecule has 20 heavy (non-hydrogen) atoms. The first-order valence-electron chi connectivity index (χ1n) is 6.91. The summed E-state index contributed by atoms with van der Waals surface area (Å²) in [5, 5.41) is 13.4. The van der Waals surface area contributed by atoms with E-state index in [-0.39, 0.29) is 12.1 Å². The van der Waals surface area contributed by atoms with Crippen molar-refractivity contribution in [1.82, 2.24) is 20.7 Å². The molecule has 8 nitrogen and oxygen atoms in total. The highest BCUT2D eigenvalue weighted by Gasteiger charge is 2.30. The number of carboxylic acids is 1. The van der Waals surface area contributed by atoms with Crippen LogP contribution in [0.25, 0.3) is 0 Å². The minimum atomic E-state index is -0.936. The van der Waals surface area contributed by atoms with Gasteiger partial charge in [0.1, 0.15) is 0 Å². The SMILES string of the molecule is CN1CCN(NC(=O)NCC2CCC(C(=O)O)O2)CC1. The fourth-order valence-electron chi connectivity index (χ4n) is 2.35. The lowest BCUT2D eigenvalue weighted by molar-refractivity contribution is -0.149. The Hall–Kier alpha value is -1.38. The van der Waals surface area contributed by atoms with Gasteiger partial charge in [0.25, 0.3) is 0 Å². The molecule has 114 valence electrons. The lowest BCUT2D eigenvalue weighted by Gasteiger charge is -2.32. The maximum absolute atomic E-state index is 11.7. The maximum Gasteiger partial charge on any atom is 0.332 e. The van der Waals surface area contributed by atoms with Gasteiger partial charge in [-0.3, -0.25) is 5.43 Å². The fourth-order valence-corrected chi connectivity index (χ4v) is 2.35. The van der Waals surface area contributed by atoms with Crippen LogP contribution in [0.5, 0.6) is 0 Å². The summed E-state index contributed by atoms with van der Waals surface area (Å²) < 4.78 is 5.31. The summed E-state index contributed by atoms with van der Waals surface area (Å²) in [6.45, 7) is 3.78. The number of hydrogen-bond donors (Lipinski definition) is 3. The van der Waals surface area contributed by atoms with Crippen molar-refractivity contribution >= 4 is 12.0 Å². The van der Waals surface area contributed by atoms with E-state index in [0.717, 1.165) is 26.2 Å². The van der Waals surface area contributed by atoms with Crippen molar-refractivity contribution in [2.45, 2.75) is 25.0 Å². The number of hydrogen-bond acceptors (Lipinski definition) is 5. The molecule has 2 unspecified atom stereocenters. The molecular weight excluding hydrogens is 264 g/mol. The second kappa shape index (κ2) is 6.87. The van der Waals surface area contributed by atoms with Crippen LogP contribution < -0.4 is 10.7 Å². The van der Waals surface area contributed by atoms with E-state index in [2.05, 4.69) is 15.6 Å². The van der Waals surface area contributed by atoms with Crippen molar-refractivity contribution in [1.29, 1.82) is 0 Å². The minimum absolute atomic E-state index is 0.214. The number of nitrogens with zero attached hydrogens (tertiary/aromatic N) is 2. The van der Waals surface area contributed by atoms with Crippen molar-refractivity contribution in [3.63, 3.8) is 0 Å². The normalized spacial score (nSPS) is 28.2. The van der Waals surface area contributed by atoms with Crippen molar-refractivity contribution < 1.29 is 19.4 Å². The second-order valence-electron chi connectivity index (χ2n) is 5.27. The predicted molar refractivity (Wildman–Crippen MR) is 71.1 cm³/mol. The number of aliphatic carboxylic acids is 1. The van der Waals surface area contributed by atoms with Crippen molar-refractivity contribution in [3.8, 4) is 0 Å². The summed E-state index contributed by atoms with van der Waals surface area (Å²) in [5.74, 6) is -0.936. The molecule has 2 aliphatic heterocycles. The van der Waals surface area contributed by atoms with E-state index >= 15 is 0 Å². The number of amides is 2. The number of carbonyl (C=O) groups excluding carboxylic acids is 1. The van der Waals surface area contributed by atoms with Crippen LogP contribution >= 0.6 is 0 Å². The topological polar surface area (TPSA) is 94.1 Å². The summed E-state index contributed by atoms with van der Waals surface area (Å²) in [7, 11) is 2.05. The fraction of sp³-hybridized carbons (Fsp3) is 0.833. The Morgan fingerprint density at radius 1 is 1.25 bits per heavy atom. The standard InChI is InChI=1S/C12H22N4O4/c1-15-4-6-16(7-5-15)14-12(19)13-8-9-2-3-10(20-9)11(17)18/h9-10H,2-8H2,1H3,(H,17,18)(H2,13,14,19). The molecule has 0 aliphatic carbocycles. The minimum Gasteiger partial charge on any atom is -0.479 e. The molecule has 0 radical (unpaired) electrons. The number of ether oxygens (including phenoxy) is 1. The maximum atomic E-state index is 11.7. The number of piperazine rings is 1. The van der Waals surface area contributed by atoms with Gasteiger partial charge in [0, 0.05) is 32.7 Å². The molecule has 2 rings (SSSR count). The van der Waals surface area contributed by atoms with Gasteiger partial charge in [0.05, 0.1) is 6.10 Å². The monoisotopic (exact) mass is 286 g/mol. The molecule has 2 atom stereocenters. The molecule has 0 saturated carbocycles. The molecule has 2 saturated heterocycles. The van der Waals surface area contributed by atoms with Crippen LogP contribution in [0, 0.1) is 0 Å². The highest BCUT2D eigenvalue weighted by Crippen LogP contribution is 2.19. The van der Waals surface area contributed by atoms with Crippen LogP contribution in [0.2, 0.25) is 0 Å². The summed E-state index contributed by atoms with van der Waals surface area (Å²) in [5.41, 5.74) is 2.78. The Morgan fingerprint density at radius 3 is 2.55 bits per heavy atom. The van der Waals surface area contributed by atoms with Crippen molar-refractivity contribution in [2.24, 2.45) is 0 Å². The molecule has 0 aromatic heterocycles. The zero-order chi connectivity index (χ0) is 14.5. The van der Waals surface area contributed by atoms with Gasteiger partial charge in [-0.15, -0.1) is 0 Å². The van der Waals surface area contributed by atoms with Gasteiger partial charge in [-0.1, -0.05) is 0 Å². The number of carboxylic acid groups (broad SMARTS) is 1. The predicted octanol–water partition coefficient (Wildman–Crippen LogP) is -0.920. The van der Waals surface area contributed by atoms with E-state index in [1.54, 1.807) is 0 Å². The van der Waals surface area contributed by atoms with Gasteiger partial charge >= 0.3 is 12.0 Å². The molecule has 0 aromatic rings. The van der Waals surface area contributed by atoms with Gasteiger partial charge in [-0.2, -0.15) is 0 Å². The number of nitrogens with one attached hydrogen (secondary N) is 2. The first-order chi connectivity index (χ1) is 9.54. The average molecular weight is 286 g/mol. The number of carbonyl (C=O) groups is 2. The van der Waals surface area contributed by atoms with Gasteiger partial charge < -0.3 is 20.1 Å². The first kappa shape index (κ1) is 15.0. The van der Waals surface area contributed by atoms with E-state index in [4.69, 9.17) is 9.84 Å². The quantitative estimate of drug-likeness (QED) is 0.619. The number of likely N-dealkylation sites (N-methyl/N-ethyl adjacent to an activating group) is 1. The summed E-state index contributed by atoms with van der Waals surface area (Å²) in [6, 6.07) is -0.267. The van der Waals surface area contributed by atoms with E-state index in [1.807, 2.05) is 12.1 Å². The third-order valence-corrected chi connectivity index (χ3v) is 3.64. The highest BCUT2D eigenvalue weighted by atomic mass is 16.5. The highest BCUT2D eigenvalue weighted by molar-refractivity contribution is 5.73. The summed E-state index contributed by atoms with van der Waals surface area (Å²) in [6.07, 6.45) is 0.213. The lowest BCUT2D eigenvalue weighted by atomic mass is 10.2. The molecule has 8 heteroatoms. The van der Waals surface area contributed by atoms with Crippen LogP contribution in [0.3, 0.4) is 0 Å². The molecule has 3 N–H and O–H groups in total. The molecule has 2 aliphatic rings. The summed E-state index contributed by atoms with van der Waals surface area (Å²) >= 11 is 0. The van der Waals surface area contributed by atoms with Crippen molar-refractivity contribution in [3.05, 3.63) is 0 Å². The molecule has 0 spiro atoms. The van der Waals surface area contributed by atoms with Gasteiger partial charge in [0.2, 0.25) is 0 Å². The average Bonchev–Trinajstić information content (AvgIpc) is 2.88. The molecule has 2 amide bonds. The number of hydrazine groups is 1. The molecule has 2 fully saturated rings. The van der Waals surface area contributed by atoms with Crippen molar-refractivity contribution in [2.75, 3.05) is 39.8 Å². The number of urea groups is 1. The van der Waals surface area contributed by atoms with Crippen LogP contribution in [0.4, 0.5) is 4.79 Å². The Kier molecular flexibility index (Phi) is 5.16. The third-order valence-electron chi connectivity index (χ3n) is 3.64. The lowest BCUT2D eigenvalue weighted by Crippen LogP contribution is -2.55. The Balaban J connectivity index is 1.62. The van der Waals surface area contributed by atoms with E-state index < -0.39 is 12.1 Å². The Morgan fingerprint density at radius 2 is 1.95 bits per heavy atom. The van der Waals surface area contributed by atoms with Crippen LogP contribution in [-0.2, 0) is 9.53 Å². The van der Waals surface area contributed by atoms with Gasteiger partial charge in [-0.25, -0.2) is 14.6 Å². The summed E-state index contributed by atoms with van der Waals surface area (Å²) in [4.78, 5) is 24.7. The molecule has 2 heterocycles. The van der Waals surface area contributed by atoms with Crippen LogP contribution in [-0.4, -0.2) is 79.0 Å². The largest absolute Gasteiger partial charge is 0.479 e. The Labute approximate surface area is 118 Å². The van der Waals surface area contributed by atoms with Gasteiger partial charge in [0.15, 0.2) is 6.10 Å².